The maximum absolute atomic E-state index is 13.4. The van der Waals surface area contributed by atoms with Gasteiger partial charge in [-0.05, 0) is 18.4 Å². The van der Waals surface area contributed by atoms with Crippen LogP contribution in [0, 0.1) is 11.3 Å². The number of halogens is 2. The molecule has 0 spiro atoms. The minimum Gasteiger partial charge on any atom is -0.389 e. The molecular weight excluding hydrogens is 206 g/mol. The van der Waals surface area contributed by atoms with E-state index in [4.69, 9.17) is 11.0 Å². The van der Waals surface area contributed by atoms with Gasteiger partial charge in [0.1, 0.15) is 11.1 Å². The van der Waals surface area contributed by atoms with Gasteiger partial charge in [-0.15, -0.1) is 11.3 Å². The number of nitriles is 1. The number of hydrogen-bond donors (Lipinski definition) is 1. The van der Waals surface area contributed by atoms with Crippen molar-refractivity contribution in [3.8, 4) is 6.07 Å². The Morgan fingerprint density at radius 1 is 1.50 bits per heavy atom. The van der Waals surface area contributed by atoms with Gasteiger partial charge in [0.05, 0.1) is 10.4 Å². The summed E-state index contributed by atoms with van der Waals surface area (Å²) in [5.41, 5.74) is 6.23. The van der Waals surface area contributed by atoms with Crippen molar-refractivity contribution in [2.75, 3.05) is 5.73 Å². The summed E-state index contributed by atoms with van der Waals surface area (Å²) >= 11 is 0.854. The van der Waals surface area contributed by atoms with E-state index in [2.05, 4.69) is 0 Å². The third-order valence-electron chi connectivity index (χ3n) is 2.40. The van der Waals surface area contributed by atoms with Gasteiger partial charge in [0.2, 0.25) is 0 Å². The van der Waals surface area contributed by atoms with Gasteiger partial charge in [-0.2, -0.15) is 5.26 Å². The van der Waals surface area contributed by atoms with Crippen LogP contribution < -0.4 is 5.73 Å². The summed E-state index contributed by atoms with van der Waals surface area (Å²) in [5.74, 6) is -2.79. The van der Waals surface area contributed by atoms with Gasteiger partial charge >= 0.3 is 0 Å². The van der Waals surface area contributed by atoms with Crippen molar-refractivity contribution in [3.63, 3.8) is 0 Å². The predicted octanol–water partition coefficient (Wildman–Crippen LogP) is 2.63. The Hall–Kier alpha value is -1.15. The highest BCUT2D eigenvalue weighted by Crippen LogP contribution is 2.47. The van der Waals surface area contributed by atoms with Crippen molar-refractivity contribution in [2.45, 2.75) is 25.2 Å². The molecule has 0 fully saturated rings. The Balaban J connectivity index is 2.64. The van der Waals surface area contributed by atoms with E-state index in [9.17, 15) is 8.78 Å². The first-order chi connectivity index (χ1) is 6.56. The highest BCUT2D eigenvalue weighted by atomic mass is 32.1. The molecule has 1 aromatic rings. The van der Waals surface area contributed by atoms with Crippen LogP contribution in [0.1, 0.15) is 28.8 Å². The number of nitrogen functional groups attached to an aromatic ring is 1. The smallest absolute Gasteiger partial charge is 0.282 e. The van der Waals surface area contributed by atoms with Crippen LogP contribution >= 0.6 is 11.3 Å². The van der Waals surface area contributed by atoms with Gasteiger partial charge in [0.25, 0.3) is 5.92 Å². The van der Waals surface area contributed by atoms with Crippen LogP contribution in [0.4, 0.5) is 13.8 Å². The molecule has 0 amide bonds. The molecule has 5 heteroatoms. The number of alkyl halides is 2. The summed E-state index contributed by atoms with van der Waals surface area (Å²) in [5, 5.41) is 8.99. The first kappa shape index (κ1) is 9.41. The summed E-state index contributed by atoms with van der Waals surface area (Å²) in [6, 6.07) is 1.89. The van der Waals surface area contributed by atoms with Gasteiger partial charge in [0.15, 0.2) is 0 Å². The number of anilines is 1. The molecule has 0 saturated carbocycles. The maximum Gasteiger partial charge on any atom is 0.282 e. The van der Waals surface area contributed by atoms with Gasteiger partial charge < -0.3 is 5.73 Å². The van der Waals surface area contributed by atoms with E-state index in [-0.39, 0.29) is 21.9 Å². The fraction of sp³-hybridized carbons (Fsp3) is 0.444. The van der Waals surface area contributed by atoms with Crippen LogP contribution in [0.3, 0.4) is 0 Å². The summed E-state index contributed by atoms with van der Waals surface area (Å²) in [6.07, 6.45) is 0.831. The monoisotopic (exact) mass is 214 g/mol. The lowest BCUT2D eigenvalue weighted by Gasteiger charge is -2.21. The molecule has 2 N–H and O–H groups in total. The standard InChI is InChI=1S/C9H8F2N2S/c10-9(11)3-1-2-5-6(4-12)8(13)14-7(5)9/h1-3,13H2. The molecule has 1 aliphatic carbocycles. The zero-order valence-corrected chi connectivity index (χ0v) is 8.13. The highest BCUT2D eigenvalue weighted by molar-refractivity contribution is 7.16. The quantitative estimate of drug-likeness (QED) is 0.721. The van der Waals surface area contributed by atoms with E-state index in [1.807, 2.05) is 6.07 Å². The molecule has 0 unspecified atom stereocenters. The van der Waals surface area contributed by atoms with Crippen molar-refractivity contribution >= 4 is 16.3 Å². The number of rotatable bonds is 0. The minimum atomic E-state index is -2.79. The van der Waals surface area contributed by atoms with Gasteiger partial charge in [-0.3, -0.25) is 0 Å². The van der Waals surface area contributed by atoms with E-state index in [1.165, 1.54) is 0 Å². The Morgan fingerprint density at radius 3 is 2.86 bits per heavy atom. The summed E-state index contributed by atoms with van der Waals surface area (Å²) in [6.45, 7) is 0. The largest absolute Gasteiger partial charge is 0.389 e. The van der Waals surface area contributed by atoms with Crippen molar-refractivity contribution in [1.29, 1.82) is 5.26 Å². The zero-order valence-electron chi connectivity index (χ0n) is 7.31. The molecule has 1 aromatic heterocycles. The fourth-order valence-electron chi connectivity index (χ4n) is 1.74. The van der Waals surface area contributed by atoms with Crippen LogP contribution in [0.2, 0.25) is 0 Å². The lowest BCUT2D eigenvalue weighted by atomic mass is 9.93. The maximum atomic E-state index is 13.4. The molecule has 14 heavy (non-hydrogen) atoms. The zero-order chi connectivity index (χ0) is 10.3. The molecule has 1 heterocycles. The van der Waals surface area contributed by atoms with Crippen molar-refractivity contribution in [1.82, 2.24) is 0 Å². The molecule has 2 rings (SSSR count). The minimum absolute atomic E-state index is 0.00204. The van der Waals surface area contributed by atoms with Crippen molar-refractivity contribution < 1.29 is 8.78 Å². The van der Waals surface area contributed by atoms with Crippen LogP contribution in [0.5, 0.6) is 0 Å². The third-order valence-corrected chi connectivity index (χ3v) is 3.57. The molecule has 74 valence electrons. The number of hydrogen-bond acceptors (Lipinski definition) is 3. The van der Waals surface area contributed by atoms with Crippen molar-refractivity contribution in [3.05, 3.63) is 16.0 Å². The van der Waals surface area contributed by atoms with E-state index in [1.54, 1.807) is 0 Å². The normalized spacial score (nSPS) is 18.6. The Kier molecular flexibility index (Phi) is 1.96. The SMILES string of the molecule is N#Cc1c(N)sc2c1CCCC2(F)F. The molecule has 2 nitrogen and oxygen atoms in total. The molecule has 1 aliphatic rings. The first-order valence-electron chi connectivity index (χ1n) is 4.26. The molecule has 0 saturated heterocycles. The van der Waals surface area contributed by atoms with Crippen LogP contribution in [0.15, 0.2) is 0 Å². The van der Waals surface area contributed by atoms with Gasteiger partial charge in [-0.25, -0.2) is 8.78 Å². The van der Waals surface area contributed by atoms with Crippen LogP contribution in [0.25, 0.3) is 0 Å². The molecule has 0 aromatic carbocycles. The molecular formula is C9H8F2N2S. The van der Waals surface area contributed by atoms with Gasteiger partial charge in [-0.1, -0.05) is 0 Å². The molecule has 0 radical (unpaired) electrons. The lowest BCUT2D eigenvalue weighted by Crippen LogP contribution is -2.18. The highest BCUT2D eigenvalue weighted by Gasteiger charge is 2.40. The topological polar surface area (TPSA) is 49.8 Å². The lowest BCUT2D eigenvalue weighted by molar-refractivity contribution is -0.0176. The average molecular weight is 214 g/mol. The number of nitrogens with zero attached hydrogens (tertiary/aromatic N) is 1. The van der Waals surface area contributed by atoms with Gasteiger partial charge in [0, 0.05) is 6.42 Å². The second kappa shape index (κ2) is 2.92. The number of nitrogens with two attached hydrogens (primary N) is 1. The number of thiophene rings is 1. The summed E-state index contributed by atoms with van der Waals surface area (Å²) in [4.78, 5) is -0.00204. The number of fused-ring (bicyclic) bond motifs is 1. The van der Waals surface area contributed by atoms with Crippen LogP contribution in [-0.4, -0.2) is 0 Å². The predicted molar refractivity (Wildman–Crippen MR) is 50.3 cm³/mol. The molecule has 0 atom stereocenters. The van der Waals surface area contributed by atoms with E-state index in [0.717, 1.165) is 11.3 Å². The summed E-state index contributed by atoms with van der Waals surface area (Å²) < 4.78 is 26.7. The Morgan fingerprint density at radius 2 is 2.21 bits per heavy atom. The molecule has 0 bridgehead atoms. The second-order valence-corrected chi connectivity index (χ2v) is 4.37. The van der Waals surface area contributed by atoms with Crippen LogP contribution in [-0.2, 0) is 12.3 Å². The third kappa shape index (κ3) is 1.18. The first-order valence-corrected chi connectivity index (χ1v) is 5.07. The second-order valence-electron chi connectivity index (χ2n) is 3.32. The van der Waals surface area contributed by atoms with Crippen molar-refractivity contribution in [2.24, 2.45) is 0 Å². The fourth-order valence-corrected chi connectivity index (χ4v) is 2.81. The van der Waals surface area contributed by atoms with E-state index < -0.39 is 5.92 Å². The van der Waals surface area contributed by atoms with E-state index in [0.29, 0.717) is 18.4 Å². The summed E-state index contributed by atoms with van der Waals surface area (Å²) in [7, 11) is 0. The van der Waals surface area contributed by atoms with E-state index >= 15 is 0 Å². The molecule has 0 aliphatic heterocycles. The Labute approximate surface area is 84.0 Å². The average Bonchev–Trinajstić information content (AvgIpc) is 2.42. The Bertz CT molecular complexity index is 417.